The molecule has 0 fully saturated rings. The molecule has 0 bridgehead atoms. The van der Waals surface area contributed by atoms with Crippen molar-refractivity contribution in [1.29, 1.82) is 0 Å². The molecular weight excluding hydrogens is 446 g/mol. The average Bonchev–Trinajstić information content (AvgIpc) is 2.70. The Balaban J connectivity index is 1.90. The number of hydrogen-bond acceptors (Lipinski definition) is 3. The topological polar surface area (TPSA) is 60.3 Å². The van der Waals surface area contributed by atoms with Crippen LogP contribution in [0.2, 0.25) is 0 Å². The summed E-state index contributed by atoms with van der Waals surface area (Å²) < 4.78 is 34.0. The van der Waals surface area contributed by atoms with Crippen molar-refractivity contribution in [3.8, 4) is 11.4 Å². The lowest BCUT2D eigenvalue weighted by atomic mass is 10.2. The monoisotopic (exact) mass is 462 g/mol. The normalized spacial score (nSPS) is 10.7. The molecule has 0 saturated heterocycles. The summed E-state index contributed by atoms with van der Waals surface area (Å²) in [5, 5.41) is 2.54. The molecule has 0 aliphatic rings. The Bertz CT molecular complexity index is 1130. The van der Waals surface area contributed by atoms with Gasteiger partial charge >= 0.3 is 0 Å². The minimum Gasteiger partial charge on any atom is -0.487 e. The smallest absolute Gasteiger partial charge is 0.273 e. The predicted molar refractivity (Wildman–Crippen MR) is 109 cm³/mol. The Morgan fingerprint density at radius 1 is 1.14 bits per heavy atom. The van der Waals surface area contributed by atoms with E-state index < -0.39 is 11.6 Å². The van der Waals surface area contributed by atoms with E-state index in [1.807, 2.05) is 0 Å². The van der Waals surface area contributed by atoms with E-state index in [1.165, 1.54) is 10.6 Å². The van der Waals surface area contributed by atoms with Crippen LogP contribution in [0.5, 0.6) is 5.75 Å². The Labute approximate surface area is 174 Å². The first-order valence-electron chi connectivity index (χ1n) is 8.63. The number of aryl methyl sites for hydroxylation is 1. The highest BCUT2D eigenvalue weighted by Gasteiger charge is 2.15. The van der Waals surface area contributed by atoms with Crippen molar-refractivity contribution in [3.63, 3.8) is 0 Å². The van der Waals surface area contributed by atoms with Crippen LogP contribution in [0, 0.1) is 18.6 Å². The number of amides is 1. The molecule has 0 atom stereocenters. The van der Waals surface area contributed by atoms with Crippen LogP contribution in [0.25, 0.3) is 5.69 Å². The number of nitrogens with zero attached hydrogens (tertiary/aromatic N) is 1. The van der Waals surface area contributed by atoms with Crippen LogP contribution < -0.4 is 15.6 Å². The maximum atomic E-state index is 13.8. The zero-order valence-electron chi connectivity index (χ0n) is 15.6. The second-order valence-electron chi connectivity index (χ2n) is 6.25. The van der Waals surface area contributed by atoms with Gasteiger partial charge in [-0.2, -0.15) is 0 Å². The number of benzene rings is 2. The fourth-order valence-corrected chi connectivity index (χ4v) is 3.21. The van der Waals surface area contributed by atoms with Crippen molar-refractivity contribution in [1.82, 2.24) is 9.88 Å². The number of pyridine rings is 1. The standard InChI is InChI=1S/C21H17BrF2N2O3/c1-12-9-18(29-11-14-3-6-15(23)10-17(14)24)19(22)21(28)26(12)16-7-4-13(5-8-16)20(27)25-2/h3-10H,11H2,1-2H3,(H,25,27). The summed E-state index contributed by atoms with van der Waals surface area (Å²) in [6.45, 7) is 1.57. The van der Waals surface area contributed by atoms with Crippen LogP contribution in [0.3, 0.4) is 0 Å². The highest BCUT2D eigenvalue weighted by Crippen LogP contribution is 2.25. The Kier molecular flexibility index (Phi) is 6.12. The van der Waals surface area contributed by atoms with Gasteiger partial charge in [0.1, 0.15) is 28.5 Å². The number of aromatic nitrogens is 1. The van der Waals surface area contributed by atoms with Gasteiger partial charge in [0.25, 0.3) is 11.5 Å². The number of nitrogens with one attached hydrogen (secondary N) is 1. The first-order chi connectivity index (χ1) is 13.8. The van der Waals surface area contributed by atoms with Crippen LogP contribution in [-0.4, -0.2) is 17.5 Å². The van der Waals surface area contributed by atoms with Gasteiger partial charge in [0.2, 0.25) is 0 Å². The molecule has 0 aliphatic carbocycles. The summed E-state index contributed by atoms with van der Waals surface area (Å²) in [6, 6.07) is 11.4. The molecule has 1 aromatic heterocycles. The largest absolute Gasteiger partial charge is 0.487 e. The maximum absolute atomic E-state index is 13.8. The van der Waals surface area contributed by atoms with Crippen LogP contribution in [0.4, 0.5) is 8.78 Å². The first kappa shape index (κ1) is 20.7. The number of rotatable bonds is 5. The minimum atomic E-state index is -0.720. The highest BCUT2D eigenvalue weighted by atomic mass is 79.9. The van der Waals surface area contributed by atoms with Gasteiger partial charge in [0.15, 0.2) is 0 Å². The van der Waals surface area contributed by atoms with Gasteiger partial charge in [-0.05, 0) is 59.3 Å². The van der Waals surface area contributed by atoms with E-state index in [2.05, 4.69) is 21.2 Å². The first-order valence-corrected chi connectivity index (χ1v) is 9.42. The molecule has 2 aromatic carbocycles. The predicted octanol–water partition coefficient (Wildman–Crippen LogP) is 4.13. The molecule has 150 valence electrons. The molecule has 5 nitrogen and oxygen atoms in total. The quantitative estimate of drug-likeness (QED) is 0.620. The SMILES string of the molecule is CNC(=O)c1ccc(-n2c(C)cc(OCc3ccc(F)cc3F)c(Br)c2=O)cc1. The fourth-order valence-electron chi connectivity index (χ4n) is 2.81. The van der Waals surface area contributed by atoms with Gasteiger partial charge < -0.3 is 10.1 Å². The molecule has 1 amide bonds. The number of hydrogen-bond donors (Lipinski definition) is 1. The molecule has 8 heteroatoms. The van der Waals surface area contributed by atoms with Crippen molar-refractivity contribution in [3.05, 3.63) is 91.8 Å². The molecule has 3 rings (SSSR count). The molecule has 3 aromatic rings. The molecule has 1 heterocycles. The van der Waals surface area contributed by atoms with Crippen molar-refractivity contribution in [2.75, 3.05) is 7.05 Å². The highest BCUT2D eigenvalue weighted by molar-refractivity contribution is 9.10. The summed E-state index contributed by atoms with van der Waals surface area (Å²) in [4.78, 5) is 24.5. The van der Waals surface area contributed by atoms with E-state index in [4.69, 9.17) is 4.74 Å². The van der Waals surface area contributed by atoms with E-state index >= 15 is 0 Å². The van der Waals surface area contributed by atoms with Crippen LogP contribution in [-0.2, 0) is 6.61 Å². The van der Waals surface area contributed by atoms with Crippen molar-refractivity contribution < 1.29 is 18.3 Å². The molecule has 0 unspecified atom stereocenters. The van der Waals surface area contributed by atoms with E-state index in [0.29, 0.717) is 16.9 Å². The maximum Gasteiger partial charge on any atom is 0.273 e. The van der Waals surface area contributed by atoms with E-state index in [0.717, 1.165) is 12.1 Å². The molecule has 29 heavy (non-hydrogen) atoms. The number of ether oxygens (including phenoxy) is 1. The summed E-state index contributed by atoms with van der Waals surface area (Å²) in [6.07, 6.45) is 0. The van der Waals surface area contributed by atoms with Gasteiger partial charge in [-0.25, -0.2) is 8.78 Å². The van der Waals surface area contributed by atoms with Crippen LogP contribution in [0.1, 0.15) is 21.6 Å². The van der Waals surface area contributed by atoms with Gasteiger partial charge in [-0.3, -0.25) is 14.2 Å². The van der Waals surface area contributed by atoms with Crippen molar-refractivity contribution in [2.45, 2.75) is 13.5 Å². The molecule has 0 radical (unpaired) electrons. The van der Waals surface area contributed by atoms with Crippen LogP contribution >= 0.6 is 15.9 Å². The van der Waals surface area contributed by atoms with E-state index in [-0.39, 0.29) is 33.9 Å². The lowest BCUT2D eigenvalue weighted by Crippen LogP contribution is -2.22. The lowest BCUT2D eigenvalue weighted by molar-refractivity contribution is 0.0963. The van der Waals surface area contributed by atoms with Gasteiger partial charge in [0, 0.05) is 41.7 Å². The molecule has 0 aliphatic heterocycles. The number of carbonyl (C=O) groups is 1. The zero-order chi connectivity index (χ0) is 21.1. The average molecular weight is 463 g/mol. The van der Waals surface area contributed by atoms with Crippen molar-refractivity contribution in [2.24, 2.45) is 0 Å². The molecule has 0 spiro atoms. The summed E-state index contributed by atoms with van der Waals surface area (Å²) in [5.74, 6) is -1.37. The third-order valence-corrected chi connectivity index (χ3v) is 5.04. The lowest BCUT2D eigenvalue weighted by Gasteiger charge is -2.15. The summed E-state index contributed by atoms with van der Waals surface area (Å²) in [5.41, 5.74) is 1.44. The number of carbonyl (C=O) groups excluding carboxylic acids is 1. The van der Waals surface area contributed by atoms with E-state index in [1.54, 1.807) is 44.3 Å². The molecular formula is C21H17BrF2N2O3. The molecule has 1 N–H and O–H groups in total. The van der Waals surface area contributed by atoms with Crippen LogP contribution in [0.15, 0.2) is 57.8 Å². The van der Waals surface area contributed by atoms with Gasteiger partial charge in [-0.15, -0.1) is 0 Å². The third-order valence-electron chi connectivity index (χ3n) is 4.31. The van der Waals surface area contributed by atoms with Gasteiger partial charge in [-0.1, -0.05) is 0 Å². The van der Waals surface area contributed by atoms with E-state index in [9.17, 15) is 18.4 Å². The minimum absolute atomic E-state index is 0.158. The Morgan fingerprint density at radius 3 is 2.45 bits per heavy atom. The Morgan fingerprint density at radius 2 is 1.83 bits per heavy atom. The Hall–Kier alpha value is -3.00. The molecule has 0 saturated carbocycles. The zero-order valence-corrected chi connectivity index (χ0v) is 17.2. The second kappa shape index (κ2) is 8.57. The fraction of sp³-hybridized carbons (Fsp3) is 0.143. The van der Waals surface area contributed by atoms with Crippen molar-refractivity contribution >= 4 is 21.8 Å². The second-order valence-corrected chi connectivity index (χ2v) is 7.05. The summed E-state index contributed by atoms with van der Waals surface area (Å²) >= 11 is 3.24. The third kappa shape index (κ3) is 4.37. The van der Waals surface area contributed by atoms with Gasteiger partial charge in [0.05, 0.1) is 0 Å². The number of halogens is 3. The summed E-state index contributed by atoms with van der Waals surface area (Å²) in [7, 11) is 1.54.